The molecule has 0 radical (unpaired) electrons. The highest BCUT2D eigenvalue weighted by molar-refractivity contribution is 14.1. The van der Waals surface area contributed by atoms with Gasteiger partial charge in [0.05, 0.1) is 32.4 Å². The molecule has 0 bridgehead atoms. The fourth-order valence-electron chi connectivity index (χ4n) is 2.68. The molecule has 1 aliphatic rings. The molecule has 0 aliphatic carbocycles. The van der Waals surface area contributed by atoms with Gasteiger partial charge in [0.2, 0.25) is 0 Å². The zero-order chi connectivity index (χ0) is 21.1. The summed E-state index contributed by atoms with van der Waals surface area (Å²) in [5.74, 6) is 1.19. The van der Waals surface area contributed by atoms with Gasteiger partial charge in [-0.25, -0.2) is 0 Å². The van der Waals surface area contributed by atoms with Crippen LogP contribution in [0.5, 0.6) is 11.5 Å². The molecule has 0 spiro atoms. The smallest absolute Gasteiger partial charge is 0.270 e. The number of thioether (sulfide) groups is 1. The van der Waals surface area contributed by atoms with Crippen LogP contribution in [-0.4, -0.2) is 23.4 Å². The minimum absolute atomic E-state index is 0.180. The second-order valence-corrected chi connectivity index (χ2v) is 9.91. The maximum Gasteiger partial charge on any atom is 0.270 e. The predicted octanol–water partition coefficient (Wildman–Crippen LogP) is 6.91. The van der Waals surface area contributed by atoms with Gasteiger partial charge >= 0.3 is 0 Å². The lowest BCUT2D eigenvalue weighted by Gasteiger charge is -2.15. The third-order valence-corrected chi connectivity index (χ3v) is 7.21. The van der Waals surface area contributed by atoms with Crippen molar-refractivity contribution in [3.05, 3.63) is 53.9 Å². The van der Waals surface area contributed by atoms with Gasteiger partial charge in [-0.05, 0) is 94.3 Å². The van der Waals surface area contributed by atoms with Gasteiger partial charge in [-0.1, -0.05) is 35.6 Å². The zero-order valence-corrected chi connectivity index (χ0v) is 21.6. The topological polar surface area (TPSA) is 38.8 Å². The van der Waals surface area contributed by atoms with Gasteiger partial charge in [0.25, 0.3) is 5.91 Å². The lowest BCUT2D eigenvalue weighted by Crippen LogP contribution is -2.27. The quantitative estimate of drug-likeness (QED) is 0.199. The van der Waals surface area contributed by atoms with Crippen LogP contribution in [0.25, 0.3) is 6.08 Å². The van der Waals surface area contributed by atoms with E-state index in [-0.39, 0.29) is 5.91 Å². The Kier molecular flexibility index (Phi) is 7.88. The molecular weight excluding hydrogens is 609 g/mol. The lowest BCUT2D eigenvalue weighted by atomic mass is 10.1. The van der Waals surface area contributed by atoms with E-state index in [4.69, 9.17) is 33.3 Å². The summed E-state index contributed by atoms with van der Waals surface area (Å²) in [5, 5.41) is 0.517. The summed E-state index contributed by atoms with van der Waals surface area (Å²) in [6.45, 7) is 4.92. The first-order valence-corrected chi connectivity index (χ1v) is 12.1. The normalized spacial score (nSPS) is 15.3. The molecule has 0 saturated carbocycles. The van der Waals surface area contributed by atoms with Crippen LogP contribution in [0.4, 0.5) is 5.69 Å². The summed E-state index contributed by atoms with van der Waals surface area (Å²) in [6.07, 6.45) is 1.82. The largest absolute Gasteiger partial charge is 0.490 e. The average molecular weight is 625 g/mol. The molecule has 4 nitrogen and oxygen atoms in total. The number of nitrogens with zero attached hydrogens (tertiary/aromatic N) is 1. The first kappa shape index (κ1) is 22.9. The summed E-state index contributed by atoms with van der Waals surface area (Å²) in [7, 11) is 0. The Morgan fingerprint density at radius 2 is 1.97 bits per heavy atom. The Bertz CT molecular complexity index is 1020. The van der Waals surface area contributed by atoms with Crippen LogP contribution in [0.15, 0.2) is 39.7 Å². The fourth-order valence-corrected chi connectivity index (χ4v) is 5.19. The molecule has 1 heterocycles. The maximum atomic E-state index is 13.0. The minimum atomic E-state index is -0.180. The van der Waals surface area contributed by atoms with Crippen molar-refractivity contribution in [1.82, 2.24) is 0 Å². The van der Waals surface area contributed by atoms with Crippen molar-refractivity contribution in [3.8, 4) is 11.5 Å². The molecule has 1 amide bonds. The van der Waals surface area contributed by atoms with E-state index in [1.54, 1.807) is 18.2 Å². The van der Waals surface area contributed by atoms with Crippen molar-refractivity contribution in [1.29, 1.82) is 0 Å². The highest BCUT2D eigenvalue weighted by Gasteiger charge is 2.33. The summed E-state index contributed by atoms with van der Waals surface area (Å²) in [6, 6.07) is 9.14. The highest BCUT2D eigenvalue weighted by Crippen LogP contribution is 2.40. The van der Waals surface area contributed by atoms with Crippen molar-refractivity contribution < 1.29 is 14.3 Å². The van der Waals surface area contributed by atoms with Crippen molar-refractivity contribution in [2.45, 2.75) is 13.8 Å². The molecule has 2 aromatic carbocycles. The van der Waals surface area contributed by atoms with E-state index in [9.17, 15) is 4.79 Å². The molecule has 1 fully saturated rings. The van der Waals surface area contributed by atoms with E-state index >= 15 is 0 Å². The van der Waals surface area contributed by atoms with Gasteiger partial charge in [-0.3, -0.25) is 9.69 Å². The van der Waals surface area contributed by atoms with E-state index in [0.717, 1.165) is 13.6 Å². The third-order valence-electron chi connectivity index (χ3n) is 3.87. The zero-order valence-electron chi connectivity index (χ0n) is 15.5. The summed E-state index contributed by atoms with van der Waals surface area (Å²) in [4.78, 5) is 15.1. The van der Waals surface area contributed by atoms with Crippen LogP contribution in [0.2, 0.25) is 5.02 Å². The number of ether oxygens (including phenoxy) is 2. The average Bonchev–Trinajstić information content (AvgIpc) is 2.94. The molecule has 0 aromatic heterocycles. The molecule has 0 atom stereocenters. The highest BCUT2D eigenvalue weighted by atomic mass is 127. The summed E-state index contributed by atoms with van der Waals surface area (Å²) < 4.78 is 13.6. The molecule has 0 N–H and O–H groups in total. The number of halogens is 3. The number of benzene rings is 2. The Morgan fingerprint density at radius 1 is 1.24 bits per heavy atom. The van der Waals surface area contributed by atoms with Crippen LogP contribution in [0.1, 0.15) is 19.4 Å². The summed E-state index contributed by atoms with van der Waals surface area (Å²) in [5.41, 5.74) is 1.48. The monoisotopic (exact) mass is 623 g/mol. The van der Waals surface area contributed by atoms with Crippen molar-refractivity contribution in [3.63, 3.8) is 0 Å². The van der Waals surface area contributed by atoms with Crippen molar-refractivity contribution in [2.75, 3.05) is 18.1 Å². The number of thiocarbonyl (C=S) groups is 1. The second kappa shape index (κ2) is 10.00. The molecule has 1 aliphatic heterocycles. The molecule has 9 heteroatoms. The van der Waals surface area contributed by atoms with Gasteiger partial charge in [-0.2, -0.15) is 0 Å². The number of anilines is 1. The fraction of sp³-hybridized carbons (Fsp3) is 0.200. The van der Waals surface area contributed by atoms with Crippen LogP contribution >= 0.6 is 74.1 Å². The number of amides is 1. The van der Waals surface area contributed by atoms with Crippen LogP contribution < -0.4 is 14.4 Å². The lowest BCUT2D eigenvalue weighted by molar-refractivity contribution is -0.113. The Labute approximate surface area is 206 Å². The van der Waals surface area contributed by atoms with Crippen molar-refractivity contribution >= 4 is 96.1 Å². The van der Waals surface area contributed by atoms with Crippen molar-refractivity contribution in [2.24, 2.45) is 0 Å². The first-order chi connectivity index (χ1) is 13.8. The van der Waals surface area contributed by atoms with E-state index in [1.807, 2.05) is 32.1 Å². The molecule has 3 rings (SSSR count). The van der Waals surface area contributed by atoms with Crippen LogP contribution in [0, 0.1) is 3.57 Å². The number of hydrogen-bond donors (Lipinski definition) is 0. The van der Waals surface area contributed by atoms with Crippen LogP contribution in [0.3, 0.4) is 0 Å². The summed E-state index contributed by atoms with van der Waals surface area (Å²) >= 11 is 18.5. The maximum absolute atomic E-state index is 13.0. The Morgan fingerprint density at radius 3 is 2.62 bits per heavy atom. The van der Waals surface area contributed by atoms with E-state index in [0.29, 0.717) is 44.6 Å². The Hall–Kier alpha value is -0.810. The van der Waals surface area contributed by atoms with Gasteiger partial charge in [0.15, 0.2) is 15.8 Å². The van der Waals surface area contributed by atoms with Crippen LogP contribution in [-0.2, 0) is 4.79 Å². The molecular formula is C20H16BrClINO3S2. The van der Waals surface area contributed by atoms with E-state index in [2.05, 4.69) is 38.5 Å². The molecule has 1 saturated heterocycles. The molecule has 0 unspecified atom stereocenters. The third kappa shape index (κ3) is 5.10. The number of hydrogen-bond acceptors (Lipinski definition) is 5. The van der Waals surface area contributed by atoms with Gasteiger partial charge in [0.1, 0.15) is 0 Å². The predicted molar refractivity (Wildman–Crippen MR) is 136 cm³/mol. The minimum Gasteiger partial charge on any atom is -0.490 e. The second-order valence-electron chi connectivity index (χ2n) is 5.81. The number of carbonyl (C=O) groups is 1. The standard InChI is InChI=1S/C20H16BrClINO3S2/c1-3-26-16-8-11(7-15(23)18(16)27-4-2)9-17-19(25)24(20(28)29-17)12-5-6-13(21)14(22)10-12/h5-10H,3-4H2,1-2H3. The Balaban J connectivity index is 1.95. The van der Waals surface area contributed by atoms with Gasteiger partial charge in [0, 0.05) is 4.47 Å². The molecule has 29 heavy (non-hydrogen) atoms. The number of carbonyl (C=O) groups excluding carboxylic acids is 1. The van der Waals surface area contributed by atoms with E-state index < -0.39 is 0 Å². The molecule has 152 valence electrons. The first-order valence-electron chi connectivity index (χ1n) is 8.67. The number of rotatable bonds is 6. The van der Waals surface area contributed by atoms with Gasteiger partial charge in [-0.15, -0.1) is 0 Å². The van der Waals surface area contributed by atoms with E-state index in [1.165, 1.54) is 16.7 Å². The van der Waals surface area contributed by atoms with Gasteiger partial charge < -0.3 is 9.47 Å². The SMILES string of the molecule is CCOc1cc(C=C2SC(=S)N(c3ccc(Br)c(Cl)c3)C2=O)cc(I)c1OCC. The molecule has 2 aromatic rings.